The number of carbonyl (C=O) groups excluding carboxylic acids is 1. The van der Waals surface area contributed by atoms with E-state index in [1.807, 2.05) is 85.1 Å². The highest BCUT2D eigenvalue weighted by Gasteiger charge is 2.21. The number of hydrogen-bond donors (Lipinski definition) is 2. The van der Waals surface area contributed by atoms with E-state index in [1.165, 1.54) is 17.3 Å². The maximum Gasteiger partial charge on any atom is 0.237 e. The summed E-state index contributed by atoms with van der Waals surface area (Å²) in [7, 11) is 0. The molecule has 1 amide bonds. The number of benzene rings is 3. The average molecular weight is 458 g/mol. The summed E-state index contributed by atoms with van der Waals surface area (Å²) >= 11 is 1.39. The normalized spacial score (nSPS) is 11.7. The van der Waals surface area contributed by atoms with Crippen LogP contribution in [-0.2, 0) is 11.3 Å². The highest BCUT2D eigenvalue weighted by Crippen LogP contribution is 2.27. The van der Waals surface area contributed by atoms with Crippen LogP contribution in [0.25, 0.3) is 5.69 Å². The minimum Gasteiger partial charge on any atom is -0.378 e. The molecule has 0 aliphatic rings. The molecule has 7 heteroatoms. The van der Waals surface area contributed by atoms with E-state index >= 15 is 0 Å². The summed E-state index contributed by atoms with van der Waals surface area (Å²) in [5, 5.41) is 15.6. The fourth-order valence-corrected chi connectivity index (χ4v) is 4.24. The monoisotopic (exact) mass is 457 g/mol. The Bertz CT molecular complexity index is 1220. The molecule has 0 fully saturated rings. The van der Waals surface area contributed by atoms with E-state index in [2.05, 4.69) is 39.9 Å². The van der Waals surface area contributed by atoms with Crippen molar-refractivity contribution in [2.75, 3.05) is 10.6 Å². The first-order valence-electron chi connectivity index (χ1n) is 10.8. The number of rotatable bonds is 8. The Balaban J connectivity index is 1.53. The summed E-state index contributed by atoms with van der Waals surface area (Å²) in [6, 6.07) is 26.0. The van der Waals surface area contributed by atoms with Gasteiger partial charge in [-0.15, -0.1) is 10.2 Å². The Morgan fingerprint density at radius 2 is 1.67 bits per heavy atom. The molecule has 4 rings (SSSR count). The van der Waals surface area contributed by atoms with Crippen LogP contribution >= 0.6 is 11.8 Å². The highest BCUT2D eigenvalue weighted by atomic mass is 32.2. The molecule has 0 spiro atoms. The minimum atomic E-state index is -0.351. The molecular weight excluding hydrogens is 430 g/mol. The van der Waals surface area contributed by atoms with Crippen LogP contribution in [0.2, 0.25) is 0 Å². The number of anilines is 2. The summed E-state index contributed by atoms with van der Waals surface area (Å²) < 4.78 is 2.00. The van der Waals surface area contributed by atoms with Crippen molar-refractivity contribution in [3.8, 4) is 5.69 Å². The molecule has 0 radical (unpaired) electrons. The summed E-state index contributed by atoms with van der Waals surface area (Å²) in [4.78, 5) is 12.8. The Morgan fingerprint density at radius 1 is 0.909 bits per heavy atom. The average Bonchev–Trinajstić information content (AvgIpc) is 3.22. The number of nitrogens with zero attached hydrogens (tertiary/aromatic N) is 3. The van der Waals surface area contributed by atoms with Crippen molar-refractivity contribution in [1.29, 1.82) is 0 Å². The second kappa shape index (κ2) is 10.4. The van der Waals surface area contributed by atoms with Gasteiger partial charge in [0.05, 0.1) is 11.8 Å². The van der Waals surface area contributed by atoms with E-state index in [9.17, 15) is 4.79 Å². The first-order chi connectivity index (χ1) is 16.0. The zero-order chi connectivity index (χ0) is 23.2. The lowest BCUT2D eigenvalue weighted by molar-refractivity contribution is -0.115. The van der Waals surface area contributed by atoms with Crippen LogP contribution in [-0.4, -0.2) is 25.9 Å². The molecule has 1 aromatic heterocycles. The molecule has 2 N–H and O–H groups in total. The number of carbonyl (C=O) groups is 1. The molecule has 1 heterocycles. The van der Waals surface area contributed by atoms with Gasteiger partial charge in [-0.05, 0) is 62.7 Å². The minimum absolute atomic E-state index is 0.0779. The molecule has 6 nitrogen and oxygen atoms in total. The van der Waals surface area contributed by atoms with E-state index in [4.69, 9.17) is 0 Å². The lowest BCUT2D eigenvalue weighted by Crippen LogP contribution is -2.23. The van der Waals surface area contributed by atoms with Gasteiger partial charge >= 0.3 is 0 Å². The van der Waals surface area contributed by atoms with Crippen molar-refractivity contribution in [3.63, 3.8) is 0 Å². The SMILES string of the molecule is Cc1ccc(NC(=O)[C@H](C)Sc2nnc(CNc3cccc(C)c3)n2-c2ccccc2)cc1. The van der Waals surface area contributed by atoms with Crippen LogP contribution in [0.5, 0.6) is 0 Å². The molecule has 0 unspecified atom stereocenters. The standard InChI is InChI=1S/C26H27N5OS/c1-18-12-14-21(15-13-18)28-25(32)20(3)33-26-30-29-24(31(26)23-10-5-4-6-11-23)17-27-22-9-7-8-19(2)16-22/h4-16,20,27H,17H2,1-3H3,(H,28,32)/t20-/m0/s1. The maximum absolute atomic E-state index is 12.8. The summed E-state index contributed by atoms with van der Waals surface area (Å²) in [5.41, 5.74) is 5.10. The number of aromatic nitrogens is 3. The Morgan fingerprint density at radius 3 is 2.39 bits per heavy atom. The van der Waals surface area contributed by atoms with Crippen molar-refractivity contribution < 1.29 is 4.79 Å². The number of hydrogen-bond acceptors (Lipinski definition) is 5. The Labute approximate surface area is 198 Å². The van der Waals surface area contributed by atoms with Gasteiger partial charge in [0.2, 0.25) is 5.91 Å². The van der Waals surface area contributed by atoms with Crippen molar-refractivity contribution in [2.24, 2.45) is 0 Å². The topological polar surface area (TPSA) is 71.8 Å². The van der Waals surface area contributed by atoms with Crippen LogP contribution in [0.1, 0.15) is 23.9 Å². The Hall–Kier alpha value is -3.58. The quantitative estimate of drug-likeness (QED) is 0.336. The van der Waals surface area contributed by atoms with Crippen LogP contribution in [0, 0.1) is 13.8 Å². The predicted octanol–water partition coefficient (Wildman–Crippen LogP) is 5.62. The number of nitrogens with one attached hydrogen (secondary N) is 2. The molecule has 0 aliphatic carbocycles. The van der Waals surface area contributed by atoms with Gasteiger partial charge in [0.25, 0.3) is 0 Å². The molecule has 0 aliphatic heterocycles. The van der Waals surface area contributed by atoms with E-state index in [0.29, 0.717) is 11.7 Å². The van der Waals surface area contributed by atoms with Crippen molar-refractivity contribution in [2.45, 2.75) is 37.7 Å². The van der Waals surface area contributed by atoms with Crippen LogP contribution in [0.3, 0.4) is 0 Å². The zero-order valence-electron chi connectivity index (χ0n) is 18.9. The fraction of sp³-hybridized carbons (Fsp3) is 0.192. The highest BCUT2D eigenvalue weighted by molar-refractivity contribution is 8.00. The number of amides is 1. The van der Waals surface area contributed by atoms with E-state index in [-0.39, 0.29) is 11.2 Å². The zero-order valence-corrected chi connectivity index (χ0v) is 19.8. The van der Waals surface area contributed by atoms with Crippen LogP contribution in [0.4, 0.5) is 11.4 Å². The van der Waals surface area contributed by atoms with Gasteiger partial charge in [-0.1, -0.05) is 59.8 Å². The molecular formula is C26H27N5OS. The van der Waals surface area contributed by atoms with Gasteiger partial charge < -0.3 is 10.6 Å². The first-order valence-corrected chi connectivity index (χ1v) is 11.7. The summed E-state index contributed by atoms with van der Waals surface area (Å²) in [6.45, 7) is 6.47. The van der Waals surface area contributed by atoms with Gasteiger partial charge in [0.15, 0.2) is 11.0 Å². The van der Waals surface area contributed by atoms with Crippen LogP contribution < -0.4 is 10.6 Å². The molecule has 33 heavy (non-hydrogen) atoms. The second-order valence-corrected chi connectivity index (χ2v) is 9.22. The molecule has 1 atom stereocenters. The van der Waals surface area contributed by atoms with Crippen molar-refractivity contribution in [3.05, 3.63) is 95.8 Å². The largest absolute Gasteiger partial charge is 0.378 e. The van der Waals surface area contributed by atoms with Crippen molar-refractivity contribution >= 4 is 29.0 Å². The lowest BCUT2D eigenvalue weighted by Gasteiger charge is -2.14. The smallest absolute Gasteiger partial charge is 0.237 e. The van der Waals surface area contributed by atoms with Gasteiger partial charge in [-0.2, -0.15) is 0 Å². The molecule has 0 bridgehead atoms. The molecule has 4 aromatic rings. The van der Waals surface area contributed by atoms with Gasteiger partial charge in [-0.3, -0.25) is 9.36 Å². The molecule has 0 saturated carbocycles. The lowest BCUT2D eigenvalue weighted by atomic mass is 10.2. The van der Waals surface area contributed by atoms with Crippen LogP contribution in [0.15, 0.2) is 84.0 Å². The first kappa shape index (κ1) is 22.6. The third-order valence-corrected chi connectivity index (χ3v) is 6.20. The number of aryl methyl sites for hydroxylation is 2. The van der Waals surface area contributed by atoms with E-state index in [0.717, 1.165) is 28.5 Å². The third-order valence-electron chi connectivity index (χ3n) is 5.15. The molecule has 3 aromatic carbocycles. The van der Waals surface area contributed by atoms with Gasteiger partial charge in [0.1, 0.15) is 0 Å². The third kappa shape index (κ3) is 5.81. The second-order valence-electron chi connectivity index (χ2n) is 7.91. The predicted molar refractivity (Wildman–Crippen MR) is 135 cm³/mol. The number of para-hydroxylation sites is 1. The van der Waals surface area contributed by atoms with Gasteiger partial charge in [-0.25, -0.2) is 0 Å². The Kier molecular flexibility index (Phi) is 7.10. The maximum atomic E-state index is 12.8. The van der Waals surface area contributed by atoms with Crippen molar-refractivity contribution in [1.82, 2.24) is 14.8 Å². The fourth-order valence-electron chi connectivity index (χ4n) is 3.36. The molecule has 0 saturated heterocycles. The number of thioether (sulfide) groups is 1. The van der Waals surface area contributed by atoms with E-state index in [1.54, 1.807) is 0 Å². The van der Waals surface area contributed by atoms with E-state index < -0.39 is 0 Å². The van der Waals surface area contributed by atoms with Gasteiger partial charge in [0, 0.05) is 17.1 Å². The summed E-state index contributed by atoms with van der Waals surface area (Å²) in [5.74, 6) is 0.697. The summed E-state index contributed by atoms with van der Waals surface area (Å²) in [6.07, 6.45) is 0. The molecule has 168 valence electrons.